The molecule has 168 valence electrons. The van der Waals surface area contributed by atoms with Crippen LogP contribution in [-0.4, -0.2) is 47.4 Å². The SMILES string of the molecule is CC.O=C(Nc1ccc(C(=O)N2CC(c3ncc(-c4ccccc4)s3)C2)s1)C1CCCN1. The van der Waals surface area contributed by atoms with Gasteiger partial charge >= 0.3 is 0 Å². The lowest BCUT2D eigenvalue weighted by molar-refractivity contribution is -0.117. The number of carbonyl (C=O) groups excluding carboxylic acids is 2. The minimum Gasteiger partial charge on any atom is -0.336 e. The Kier molecular flexibility index (Phi) is 7.34. The third-order valence-corrected chi connectivity index (χ3v) is 7.74. The van der Waals surface area contributed by atoms with Gasteiger partial charge in [0.2, 0.25) is 5.91 Å². The van der Waals surface area contributed by atoms with Crippen LogP contribution >= 0.6 is 22.7 Å². The molecule has 4 heterocycles. The molecule has 1 atom stereocenters. The fourth-order valence-electron chi connectivity index (χ4n) is 3.81. The van der Waals surface area contributed by atoms with Crippen LogP contribution in [0.5, 0.6) is 0 Å². The first-order valence-corrected chi connectivity index (χ1v) is 12.7. The largest absolute Gasteiger partial charge is 0.336 e. The standard InChI is InChI=1S/C22H22N4O2S2.C2H6/c27-20(16-7-4-10-23-16)25-19-9-8-17(29-19)22(28)26-12-15(13-26)21-24-11-18(30-21)14-5-2-1-3-6-14;1-2/h1-3,5-6,8-9,11,15-16,23H,4,7,10,12-13H2,(H,25,27);1-2H3. The number of nitrogens with zero attached hydrogens (tertiary/aromatic N) is 2. The lowest BCUT2D eigenvalue weighted by atomic mass is 10.0. The second-order valence-corrected chi connectivity index (χ2v) is 9.78. The zero-order valence-corrected chi connectivity index (χ0v) is 20.0. The number of rotatable bonds is 5. The van der Waals surface area contributed by atoms with Crippen LogP contribution in [0, 0.1) is 0 Å². The summed E-state index contributed by atoms with van der Waals surface area (Å²) in [5.41, 5.74) is 1.18. The maximum Gasteiger partial charge on any atom is 0.264 e. The highest BCUT2D eigenvalue weighted by atomic mass is 32.1. The van der Waals surface area contributed by atoms with Crippen molar-refractivity contribution in [1.29, 1.82) is 0 Å². The lowest BCUT2D eigenvalue weighted by Gasteiger charge is -2.37. The van der Waals surface area contributed by atoms with Crippen LogP contribution in [0.4, 0.5) is 5.00 Å². The fraction of sp³-hybridized carbons (Fsp3) is 0.375. The van der Waals surface area contributed by atoms with Crippen LogP contribution < -0.4 is 10.6 Å². The van der Waals surface area contributed by atoms with Gasteiger partial charge in [-0.25, -0.2) is 4.98 Å². The van der Waals surface area contributed by atoms with Crippen molar-refractivity contribution in [2.45, 2.75) is 38.6 Å². The van der Waals surface area contributed by atoms with E-state index in [4.69, 9.17) is 0 Å². The van der Waals surface area contributed by atoms with E-state index in [1.54, 1.807) is 17.4 Å². The first kappa shape index (κ1) is 22.6. The summed E-state index contributed by atoms with van der Waals surface area (Å²) in [6, 6.07) is 13.7. The monoisotopic (exact) mass is 468 g/mol. The summed E-state index contributed by atoms with van der Waals surface area (Å²) in [7, 11) is 0. The minimum absolute atomic E-state index is 0.0182. The zero-order chi connectivity index (χ0) is 22.5. The Bertz CT molecular complexity index is 1050. The highest BCUT2D eigenvalue weighted by Gasteiger charge is 2.35. The van der Waals surface area contributed by atoms with Gasteiger partial charge < -0.3 is 15.5 Å². The van der Waals surface area contributed by atoms with E-state index >= 15 is 0 Å². The molecule has 0 aliphatic carbocycles. The van der Waals surface area contributed by atoms with Crippen molar-refractivity contribution in [3.8, 4) is 10.4 Å². The molecule has 2 aromatic heterocycles. The number of nitrogens with one attached hydrogen (secondary N) is 2. The van der Waals surface area contributed by atoms with Crippen molar-refractivity contribution >= 4 is 39.5 Å². The van der Waals surface area contributed by atoms with E-state index in [2.05, 4.69) is 27.8 Å². The fourth-order valence-corrected chi connectivity index (χ4v) is 5.69. The third-order valence-electron chi connectivity index (χ3n) is 5.54. The summed E-state index contributed by atoms with van der Waals surface area (Å²) in [4.78, 5) is 33.3. The van der Waals surface area contributed by atoms with E-state index in [1.165, 1.54) is 16.9 Å². The first-order valence-electron chi connectivity index (χ1n) is 11.1. The summed E-state index contributed by atoms with van der Waals surface area (Å²) in [5, 5.41) is 7.92. The van der Waals surface area contributed by atoms with Gasteiger partial charge in [-0.15, -0.1) is 22.7 Å². The number of hydrogen-bond donors (Lipinski definition) is 2. The summed E-state index contributed by atoms with van der Waals surface area (Å²) < 4.78 is 0. The molecule has 3 aromatic rings. The molecular formula is C24H28N4O2S2. The Morgan fingerprint density at radius 1 is 1.09 bits per heavy atom. The van der Waals surface area contributed by atoms with E-state index in [0.29, 0.717) is 23.9 Å². The molecule has 2 aliphatic rings. The molecule has 32 heavy (non-hydrogen) atoms. The quantitative estimate of drug-likeness (QED) is 0.563. The van der Waals surface area contributed by atoms with Crippen LogP contribution in [0.15, 0.2) is 48.7 Å². The average molecular weight is 469 g/mol. The summed E-state index contributed by atoms with van der Waals surface area (Å²) in [5.74, 6) is 0.301. The summed E-state index contributed by atoms with van der Waals surface area (Å²) in [6.45, 7) is 6.26. The molecule has 2 fully saturated rings. The maximum absolute atomic E-state index is 12.8. The van der Waals surface area contributed by atoms with E-state index in [-0.39, 0.29) is 17.9 Å². The summed E-state index contributed by atoms with van der Waals surface area (Å²) in [6.07, 6.45) is 3.81. The molecule has 2 aliphatic heterocycles. The smallest absolute Gasteiger partial charge is 0.264 e. The van der Waals surface area contributed by atoms with E-state index in [9.17, 15) is 9.59 Å². The molecule has 0 saturated carbocycles. The second kappa shape index (κ2) is 10.4. The number of thiazole rings is 1. The number of likely N-dealkylation sites (tertiary alicyclic amines) is 1. The molecule has 0 spiro atoms. The minimum atomic E-state index is -0.124. The van der Waals surface area contributed by atoms with Crippen LogP contribution in [-0.2, 0) is 4.79 Å². The Hall–Kier alpha value is -2.55. The van der Waals surface area contributed by atoms with Crippen molar-refractivity contribution < 1.29 is 9.59 Å². The maximum atomic E-state index is 12.8. The van der Waals surface area contributed by atoms with Crippen LogP contribution in [0.1, 0.15) is 47.3 Å². The normalized spacial score (nSPS) is 17.9. The number of benzene rings is 1. The summed E-state index contributed by atoms with van der Waals surface area (Å²) >= 11 is 3.04. The molecular weight excluding hydrogens is 440 g/mol. The molecule has 2 saturated heterocycles. The molecule has 5 rings (SSSR count). The van der Waals surface area contributed by atoms with E-state index < -0.39 is 0 Å². The number of anilines is 1. The van der Waals surface area contributed by atoms with Gasteiger partial charge in [-0.2, -0.15) is 0 Å². The average Bonchev–Trinajstić information content (AvgIpc) is 3.56. The van der Waals surface area contributed by atoms with Crippen molar-refractivity contribution in [2.75, 3.05) is 25.0 Å². The van der Waals surface area contributed by atoms with Crippen LogP contribution in [0.25, 0.3) is 10.4 Å². The van der Waals surface area contributed by atoms with Crippen LogP contribution in [0.2, 0.25) is 0 Å². The molecule has 6 nitrogen and oxygen atoms in total. The number of amides is 2. The highest BCUT2D eigenvalue weighted by Crippen LogP contribution is 2.35. The number of thiophene rings is 1. The number of hydrogen-bond acceptors (Lipinski definition) is 6. The van der Waals surface area contributed by atoms with Gasteiger partial charge in [-0.1, -0.05) is 44.2 Å². The van der Waals surface area contributed by atoms with Gasteiger partial charge in [0.1, 0.15) is 0 Å². The van der Waals surface area contributed by atoms with E-state index in [1.807, 2.05) is 49.2 Å². The number of aromatic nitrogens is 1. The number of carbonyl (C=O) groups is 2. The van der Waals surface area contributed by atoms with Gasteiger partial charge in [0.05, 0.1) is 25.8 Å². The van der Waals surface area contributed by atoms with Gasteiger partial charge in [-0.3, -0.25) is 9.59 Å². The highest BCUT2D eigenvalue weighted by molar-refractivity contribution is 7.18. The van der Waals surface area contributed by atoms with Crippen LogP contribution in [0.3, 0.4) is 0 Å². The Balaban J connectivity index is 0.00000119. The zero-order valence-electron chi connectivity index (χ0n) is 18.3. The predicted molar refractivity (Wildman–Crippen MR) is 132 cm³/mol. The van der Waals surface area contributed by atoms with Crippen molar-refractivity contribution in [3.05, 3.63) is 58.5 Å². The lowest BCUT2D eigenvalue weighted by Crippen LogP contribution is -2.48. The van der Waals surface area contributed by atoms with E-state index in [0.717, 1.165) is 34.3 Å². The van der Waals surface area contributed by atoms with Gasteiger partial charge in [-0.05, 0) is 37.1 Å². The molecule has 2 amide bonds. The topological polar surface area (TPSA) is 74.3 Å². The molecule has 8 heteroatoms. The Morgan fingerprint density at radius 3 is 2.59 bits per heavy atom. The van der Waals surface area contributed by atoms with Crippen molar-refractivity contribution in [3.63, 3.8) is 0 Å². The Labute approximate surface area is 196 Å². The first-order chi connectivity index (χ1) is 15.7. The van der Waals surface area contributed by atoms with Crippen molar-refractivity contribution in [2.24, 2.45) is 0 Å². The molecule has 0 bridgehead atoms. The molecule has 1 unspecified atom stereocenters. The molecule has 1 aromatic carbocycles. The Morgan fingerprint density at radius 2 is 1.88 bits per heavy atom. The second-order valence-electron chi connectivity index (χ2n) is 7.64. The van der Waals surface area contributed by atoms with Gasteiger partial charge in [0.25, 0.3) is 5.91 Å². The van der Waals surface area contributed by atoms with Crippen molar-refractivity contribution in [1.82, 2.24) is 15.2 Å². The van der Waals surface area contributed by atoms with Gasteiger partial charge in [0, 0.05) is 25.2 Å². The molecule has 0 radical (unpaired) electrons. The predicted octanol–water partition coefficient (Wildman–Crippen LogP) is 4.83. The van der Waals surface area contributed by atoms with Gasteiger partial charge in [0.15, 0.2) is 0 Å². The molecule has 2 N–H and O–H groups in total. The third kappa shape index (κ3) is 4.92.